The van der Waals surface area contributed by atoms with Crippen LogP contribution >= 0.6 is 0 Å². The normalized spacial score (nSPS) is 16.9. The number of piperidine rings is 1. The number of rotatable bonds is 8. The van der Waals surface area contributed by atoms with E-state index in [-0.39, 0.29) is 16.1 Å². The molecule has 0 saturated carbocycles. The van der Waals surface area contributed by atoms with Gasteiger partial charge in [-0.1, -0.05) is 12.1 Å². The van der Waals surface area contributed by atoms with Crippen LogP contribution in [-0.2, 0) is 19.6 Å². The fourth-order valence-electron chi connectivity index (χ4n) is 4.54. The highest BCUT2D eigenvalue weighted by atomic mass is 32.2. The number of ether oxygens (including phenoxy) is 1. The first-order chi connectivity index (χ1) is 19.3. The molecule has 0 atom stereocenters. The predicted octanol–water partition coefficient (Wildman–Crippen LogP) is 3.46. The zero-order valence-corrected chi connectivity index (χ0v) is 23.2. The Bertz CT molecular complexity index is 1310. The second-order valence-corrected chi connectivity index (χ2v) is 11.5. The van der Waals surface area contributed by atoms with E-state index in [0.717, 1.165) is 70.8 Å². The number of pyridine rings is 1. The number of carbonyl (C=O) groups is 2. The third-order valence-electron chi connectivity index (χ3n) is 6.76. The third kappa shape index (κ3) is 9.57. The number of aliphatic carboxylic acids is 1. The Balaban J connectivity index is 0.000000587. The molecule has 3 N–H and O–H groups in total. The molecule has 2 aliphatic heterocycles. The SMILES string of the molecule is Cc1cccc(S(=O)(=O)Nc2cnc(N3CCC(CCN4CCOCC4)CC3)c(C(=O)O)c2)c1.O=C(O)C(F)(F)F. The number of sulfonamides is 1. The third-order valence-corrected chi connectivity index (χ3v) is 8.14. The van der Waals surface area contributed by atoms with Crippen LogP contribution in [0.4, 0.5) is 24.7 Å². The van der Waals surface area contributed by atoms with Gasteiger partial charge in [-0.3, -0.25) is 9.62 Å². The lowest BCUT2D eigenvalue weighted by atomic mass is 9.93. The first-order valence-electron chi connectivity index (χ1n) is 12.9. The largest absolute Gasteiger partial charge is 0.490 e. The first kappa shape index (κ1) is 32.1. The number of benzene rings is 1. The van der Waals surface area contributed by atoms with Crippen LogP contribution in [0, 0.1) is 12.8 Å². The Labute approximate surface area is 236 Å². The number of aromatic nitrogens is 1. The molecule has 41 heavy (non-hydrogen) atoms. The van der Waals surface area contributed by atoms with Gasteiger partial charge in [-0.05, 0) is 62.4 Å². The maximum Gasteiger partial charge on any atom is 0.490 e. The van der Waals surface area contributed by atoms with E-state index in [2.05, 4.69) is 14.6 Å². The lowest BCUT2D eigenvalue weighted by molar-refractivity contribution is -0.192. The molecular formula is C26H33F3N4O7S. The highest BCUT2D eigenvalue weighted by molar-refractivity contribution is 7.92. The van der Waals surface area contributed by atoms with Crippen molar-refractivity contribution in [3.63, 3.8) is 0 Å². The van der Waals surface area contributed by atoms with Gasteiger partial charge in [0.15, 0.2) is 0 Å². The lowest BCUT2D eigenvalue weighted by Gasteiger charge is -2.35. The molecule has 2 saturated heterocycles. The van der Waals surface area contributed by atoms with E-state index in [1.54, 1.807) is 12.1 Å². The molecule has 2 aliphatic rings. The Morgan fingerprint density at radius 3 is 2.29 bits per heavy atom. The molecule has 0 aliphatic carbocycles. The molecule has 11 nitrogen and oxygen atoms in total. The average molecular weight is 603 g/mol. The Morgan fingerprint density at radius 2 is 1.73 bits per heavy atom. The van der Waals surface area contributed by atoms with Crippen molar-refractivity contribution in [1.82, 2.24) is 9.88 Å². The maximum atomic E-state index is 12.7. The number of hydrogen-bond donors (Lipinski definition) is 3. The second-order valence-electron chi connectivity index (χ2n) is 9.80. The van der Waals surface area contributed by atoms with Gasteiger partial charge in [-0.15, -0.1) is 0 Å². The van der Waals surface area contributed by atoms with Crippen LogP contribution in [-0.4, -0.2) is 92.6 Å². The molecule has 2 fully saturated rings. The predicted molar refractivity (Wildman–Crippen MR) is 144 cm³/mol. The van der Waals surface area contributed by atoms with Gasteiger partial charge >= 0.3 is 18.1 Å². The second kappa shape index (κ2) is 14.0. The number of nitrogens with zero attached hydrogens (tertiary/aromatic N) is 3. The van der Waals surface area contributed by atoms with E-state index >= 15 is 0 Å². The number of halogens is 3. The van der Waals surface area contributed by atoms with Crippen LogP contribution in [0.5, 0.6) is 0 Å². The number of carboxylic acids is 2. The van der Waals surface area contributed by atoms with Crippen LogP contribution in [0.2, 0.25) is 0 Å². The summed E-state index contributed by atoms with van der Waals surface area (Å²) in [5.41, 5.74) is 0.940. The summed E-state index contributed by atoms with van der Waals surface area (Å²) in [7, 11) is -3.85. The van der Waals surface area contributed by atoms with E-state index < -0.39 is 28.1 Å². The van der Waals surface area contributed by atoms with E-state index in [0.29, 0.717) is 11.7 Å². The molecule has 0 spiro atoms. The Kier molecular flexibility index (Phi) is 10.9. The van der Waals surface area contributed by atoms with E-state index in [1.165, 1.54) is 18.3 Å². The zero-order chi connectivity index (χ0) is 30.2. The summed E-state index contributed by atoms with van der Waals surface area (Å²) in [5.74, 6) is -2.90. The number of nitrogens with one attached hydrogen (secondary N) is 1. The van der Waals surface area contributed by atoms with Gasteiger partial charge < -0.3 is 19.8 Å². The molecule has 0 bridgehead atoms. The van der Waals surface area contributed by atoms with Crippen LogP contribution in [0.25, 0.3) is 0 Å². The standard InChI is InChI=1S/C24H32N4O5S.C2HF3O2/c1-18-3-2-4-21(15-18)34(31,32)26-20-16-22(24(29)30)23(25-17-20)28-9-6-19(7-10-28)5-8-27-11-13-33-14-12-27;3-2(4,5)1(6)7/h2-4,15-17,19,26H,5-14H2,1H3,(H,29,30);(H,6,7). The molecule has 15 heteroatoms. The monoisotopic (exact) mass is 602 g/mol. The van der Waals surface area contributed by atoms with Gasteiger partial charge in [0.25, 0.3) is 10.0 Å². The number of hydrogen-bond acceptors (Lipinski definition) is 8. The Morgan fingerprint density at radius 1 is 1.10 bits per heavy atom. The van der Waals surface area contributed by atoms with Crippen molar-refractivity contribution >= 4 is 33.5 Å². The van der Waals surface area contributed by atoms with Gasteiger partial charge in [-0.2, -0.15) is 13.2 Å². The number of morpholine rings is 1. The lowest BCUT2D eigenvalue weighted by Crippen LogP contribution is -2.39. The molecule has 226 valence electrons. The summed E-state index contributed by atoms with van der Waals surface area (Å²) in [5, 5.41) is 16.9. The van der Waals surface area contributed by atoms with Crippen LogP contribution in [0.3, 0.4) is 0 Å². The van der Waals surface area contributed by atoms with Crippen molar-refractivity contribution in [1.29, 1.82) is 0 Å². The smallest absolute Gasteiger partial charge is 0.478 e. The molecule has 1 aromatic heterocycles. The van der Waals surface area contributed by atoms with Gasteiger partial charge in [0.1, 0.15) is 11.4 Å². The minimum Gasteiger partial charge on any atom is -0.478 e. The molecule has 0 amide bonds. The van der Waals surface area contributed by atoms with Crippen LogP contribution in [0.1, 0.15) is 35.2 Å². The molecule has 0 unspecified atom stereocenters. The first-order valence-corrected chi connectivity index (χ1v) is 14.4. The van der Waals surface area contributed by atoms with Gasteiger partial charge in [-0.25, -0.2) is 23.0 Å². The van der Waals surface area contributed by atoms with Gasteiger partial charge in [0, 0.05) is 26.2 Å². The fraction of sp³-hybridized carbons (Fsp3) is 0.500. The summed E-state index contributed by atoms with van der Waals surface area (Å²) in [6.45, 7) is 7.94. The van der Waals surface area contributed by atoms with Gasteiger partial charge in [0.05, 0.1) is 30.0 Å². The summed E-state index contributed by atoms with van der Waals surface area (Å²) < 4.78 is 65.1. The number of aromatic carboxylic acids is 1. The van der Waals surface area contributed by atoms with E-state index in [1.807, 2.05) is 17.9 Å². The number of carboxylic acid groups (broad SMARTS) is 2. The van der Waals surface area contributed by atoms with E-state index in [4.69, 9.17) is 14.6 Å². The summed E-state index contributed by atoms with van der Waals surface area (Å²) in [6.07, 6.45) is -0.605. The molecule has 3 heterocycles. The highest BCUT2D eigenvalue weighted by Crippen LogP contribution is 2.29. The summed E-state index contributed by atoms with van der Waals surface area (Å²) in [6, 6.07) is 7.88. The number of anilines is 2. The number of alkyl halides is 3. The molecule has 2 aromatic rings. The van der Waals surface area contributed by atoms with Crippen molar-refractivity contribution in [3.05, 3.63) is 47.7 Å². The van der Waals surface area contributed by atoms with Crippen molar-refractivity contribution < 1.29 is 46.1 Å². The molecular weight excluding hydrogens is 569 g/mol. The van der Waals surface area contributed by atoms with Crippen molar-refractivity contribution in [2.45, 2.75) is 37.3 Å². The molecule has 4 rings (SSSR count). The van der Waals surface area contributed by atoms with Crippen molar-refractivity contribution in [3.8, 4) is 0 Å². The summed E-state index contributed by atoms with van der Waals surface area (Å²) in [4.78, 5) is 29.8. The summed E-state index contributed by atoms with van der Waals surface area (Å²) >= 11 is 0. The number of aryl methyl sites for hydroxylation is 1. The minimum absolute atomic E-state index is 0.00351. The van der Waals surface area contributed by atoms with Crippen molar-refractivity contribution in [2.24, 2.45) is 5.92 Å². The fourth-order valence-corrected chi connectivity index (χ4v) is 5.68. The van der Waals surface area contributed by atoms with Crippen LogP contribution in [0.15, 0.2) is 41.4 Å². The molecule has 1 aromatic carbocycles. The Hall–Kier alpha value is -3.43. The van der Waals surface area contributed by atoms with Crippen molar-refractivity contribution in [2.75, 3.05) is 55.6 Å². The maximum absolute atomic E-state index is 12.7. The average Bonchev–Trinajstić information content (AvgIpc) is 2.92. The minimum atomic E-state index is -5.08. The van der Waals surface area contributed by atoms with E-state index in [9.17, 15) is 31.5 Å². The zero-order valence-electron chi connectivity index (χ0n) is 22.4. The quantitative estimate of drug-likeness (QED) is 0.410. The van der Waals surface area contributed by atoms with Gasteiger partial charge in [0.2, 0.25) is 0 Å². The topological polar surface area (TPSA) is 149 Å². The molecule has 0 radical (unpaired) electrons. The van der Waals surface area contributed by atoms with Crippen LogP contribution < -0.4 is 9.62 Å². The highest BCUT2D eigenvalue weighted by Gasteiger charge is 2.38.